The Kier molecular flexibility index (Phi) is 4.49. The largest absolute Gasteiger partial charge is 0.303 e. The molecule has 1 heterocycles. The highest BCUT2D eigenvalue weighted by atomic mass is 79.9. The van der Waals surface area contributed by atoms with E-state index in [1.807, 2.05) is 11.8 Å². The van der Waals surface area contributed by atoms with Crippen LogP contribution in [0, 0.1) is 0 Å². The van der Waals surface area contributed by atoms with Gasteiger partial charge in [-0.05, 0) is 35.7 Å². The van der Waals surface area contributed by atoms with Crippen molar-refractivity contribution >= 4 is 27.7 Å². The van der Waals surface area contributed by atoms with E-state index in [9.17, 15) is 0 Å². The standard InChI is InChI=1S/C17H18BrNS/c1-12(13-6-8-15(18)9-7-13)19-17-11-20-10-14-4-2-3-5-16(14)17/h2-9,12,17,19H,10-11H2,1H3/t12-,17?/m1/s1. The fourth-order valence-electron chi connectivity index (χ4n) is 2.67. The average Bonchev–Trinajstić information content (AvgIpc) is 2.48. The van der Waals surface area contributed by atoms with Crippen LogP contribution in [0.15, 0.2) is 53.0 Å². The van der Waals surface area contributed by atoms with Crippen LogP contribution in [0.5, 0.6) is 0 Å². The molecule has 0 radical (unpaired) electrons. The van der Waals surface area contributed by atoms with Gasteiger partial charge in [-0.15, -0.1) is 0 Å². The molecule has 0 fully saturated rings. The van der Waals surface area contributed by atoms with E-state index in [0.29, 0.717) is 12.1 Å². The molecule has 0 aromatic heterocycles. The number of hydrogen-bond acceptors (Lipinski definition) is 2. The number of fused-ring (bicyclic) bond motifs is 1. The molecule has 0 aliphatic carbocycles. The smallest absolute Gasteiger partial charge is 0.0419 e. The highest BCUT2D eigenvalue weighted by Crippen LogP contribution is 2.33. The summed E-state index contributed by atoms with van der Waals surface area (Å²) in [5.74, 6) is 2.29. The molecule has 0 amide bonds. The van der Waals surface area contributed by atoms with Crippen molar-refractivity contribution < 1.29 is 0 Å². The van der Waals surface area contributed by atoms with E-state index in [1.54, 1.807) is 0 Å². The summed E-state index contributed by atoms with van der Waals surface area (Å²) in [6.45, 7) is 2.24. The molecule has 1 unspecified atom stereocenters. The van der Waals surface area contributed by atoms with Crippen molar-refractivity contribution in [3.63, 3.8) is 0 Å². The third kappa shape index (κ3) is 3.11. The van der Waals surface area contributed by atoms with E-state index in [4.69, 9.17) is 0 Å². The van der Waals surface area contributed by atoms with Gasteiger partial charge in [0, 0.05) is 28.1 Å². The summed E-state index contributed by atoms with van der Waals surface area (Å²) in [6.07, 6.45) is 0. The molecular formula is C17H18BrNS. The van der Waals surface area contributed by atoms with Crippen LogP contribution in [0.25, 0.3) is 0 Å². The molecule has 0 bridgehead atoms. The molecule has 104 valence electrons. The van der Waals surface area contributed by atoms with Crippen LogP contribution in [-0.4, -0.2) is 5.75 Å². The van der Waals surface area contributed by atoms with Crippen molar-refractivity contribution in [1.29, 1.82) is 0 Å². The Balaban J connectivity index is 1.77. The maximum Gasteiger partial charge on any atom is 0.0419 e. The quantitative estimate of drug-likeness (QED) is 0.829. The molecule has 1 aliphatic heterocycles. The first-order chi connectivity index (χ1) is 9.74. The van der Waals surface area contributed by atoms with E-state index in [-0.39, 0.29) is 0 Å². The Labute approximate surface area is 133 Å². The van der Waals surface area contributed by atoms with Crippen LogP contribution in [0.4, 0.5) is 0 Å². The van der Waals surface area contributed by atoms with E-state index >= 15 is 0 Å². The van der Waals surface area contributed by atoms with E-state index < -0.39 is 0 Å². The molecule has 20 heavy (non-hydrogen) atoms. The lowest BCUT2D eigenvalue weighted by molar-refractivity contribution is 0.495. The molecule has 0 saturated heterocycles. The second-order valence-electron chi connectivity index (χ2n) is 5.21. The van der Waals surface area contributed by atoms with E-state index in [2.05, 4.69) is 76.7 Å². The molecular weight excluding hydrogens is 330 g/mol. The molecule has 3 rings (SSSR count). The highest BCUT2D eigenvalue weighted by molar-refractivity contribution is 9.10. The molecule has 2 aromatic carbocycles. The van der Waals surface area contributed by atoms with Gasteiger partial charge in [-0.3, -0.25) is 0 Å². The second kappa shape index (κ2) is 6.33. The lowest BCUT2D eigenvalue weighted by atomic mass is 10.00. The highest BCUT2D eigenvalue weighted by Gasteiger charge is 2.21. The van der Waals surface area contributed by atoms with Gasteiger partial charge in [-0.2, -0.15) is 11.8 Å². The van der Waals surface area contributed by atoms with Crippen molar-refractivity contribution in [3.05, 3.63) is 69.7 Å². The summed E-state index contributed by atoms with van der Waals surface area (Å²) < 4.78 is 1.13. The number of halogens is 1. The summed E-state index contributed by atoms with van der Waals surface area (Å²) in [4.78, 5) is 0. The Morgan fingerprint density at radius 3 is 2.70 bits per heavy atom. The van der Waals surface area contributed by atoms with Crippen molar-refractivity contribution in [1.82, 2.24) is 5.32 Å². The van der Waals surface area contributed by atoms with Crippen LogP contribution in [0.1, 0.15) is 35.7 Å². The van der Waals surface area contributed by atoms with E-state index in [0.717, 1.165) is 16.0 Å². The third-order valence-electron chi connectivity index (χ3n) is 3.79. The molecule has 1 nitrogen and oxygen atoms in total. The third-order valence-corrected chi connectivity index (χ3v) is 5.41. The van der Waals surface area contributed by atoms with Gasteiger partial charge in [0.05, 0.1) is 0 Å². The van der Waals surface area contributed by atoms with Crippen LogP contribution >= 0.6 is 27.7 Å². The number of rotatable bonds is 3. The Bertz CT molecular complexity index is 582. The molecule has 0 spiro atoms. The lowest BCUT2D eigenvalue weighted by Crippen LogP contribution is -2.29. The SMILES string of the molecule is C[C@@H](NC1CSCc2ccccc21)c1ccc(Br)cc1. The predicted molar refractivity (Wildman–Crippen MR) is 91.0 cm³/mol. The van der Waals surface area contributed by atoms with Gasteiger partial charge < -0.3 is 5.32 Å². The van der Waals surface area contributed by atoms with Crippen molar-refractivity contribution in [3.8, 4) is 0 Å². The molecule has 0 saturated carbocycles. The maximum absolute atomic E-state index is 3.77. The lowest BCUT2D eigenvalue weighted by Gasteiger charge is -2.29. The first-order valence-electron chi connectivity index (χ1n) is 6.91. The summed E-state index contributed by atoms with van der Waals surface area (Å²) in [7, 11) is 0. The summed E-state index contributed by atoms with van der Waals surface area (Å²) in [5, 5.41) is 3.77. The van der Waals surface area contributed by atoms with Crippen molar-refractivity contribution in [2.24, 2.45) is 0 Å². The number of benzene rings is 2. The zero-order valence-electron chi connectivity index (χ0n) is 11.5. The summed E-state index contributed by atoms with van der Waals surface area (Å²) in [6, 6.07) is 18.2. The first-order valence-corrected chi connectivity index (χ1v) is 8.86. The first kappa shape index (κ1) is 14.2. The summed E-state index contributed by atoms with van der Waals surface area (Å²) in [5.41, 5.74) is 4.28. The van der Waals surface area contributed by atoms with Gasteiger partial charge in [-0.1, -0.05) is 52.3 Å². The van der Waals surface area contributed by atoms with Gasteiger partial charge in [0.2, 0.25) is 0 Å². The maximum atomic E-state index is 3.77. The zero-order chi connectivity index (χ0) is 13.9. The van der Waals surface area contributed by atoms with Crippen molar-refractivity contribution in [2.45, 2.75) is 24.8 Å². The van der Waals surface area contributed by atoms with Gasteiger partial charge in [0.25, 0.3) is 0 Å². The monoisotopic (exact) mass is 347 g/mol. The van der Waals surface area contributed by atoms with Crippen LogP contribution in [0.2, 0.25) is 0 Å². The number of nitrogens with one attached hydrogen (secondary N) is 1. The van der Waals surface area contributed by atoms with E-state index in [1.165, 1.54) is 16.7 Å². The molecule has 1 N–H and O–H groups in total. The normalized spacial score (nSPS) is 19.4. The molecule has 2 atom stereocenters. The molecule has 3 heteroatoms. The van der Waals surface area contributed by atoms with Crippen molar-refractivity contribution in [2.75, 3.05) is 5.75 Å². The average molecular weight is 348 g/mol. The van der Waals surface area contributed by atoms with Crippen LogP contribution < -0.4 is 5.32 Å². The predicted octanol–water partition coefficient (Wildman–Crippen LogP) is 5.09. The topological polar surface area (TPSA) is 12.0 Å². The second-order valence-corrected chi connectivity index (χ2v) is 7.15. The van der Waals surface area contributed by atoms with Gasteiger partial charge in [0.15, 0.2) is 0 Å². The molecule has 1 aliphatic rings. The van der Waals surface area contributed by atoms with Gasteiger partial charge in [0.1, 0.15) is 0 Å². The molecule has 2 aromatic rings. The van der Waals surface area contributed by atoms with Crippen LogP contribution in [-0.2, 0) is 5.75 Å². The Hall–Kier alpha value is -0.770. The summed E-state index contributed by atoms with van der Waals surface area (Å²) >= 11 is 5.51. The zero-order valence-corrected chi connectivity index (χ0v) is 13.9. The fourth-order valence-corrected chi connectivity index (χ4v) is 4.05. The minimum absolute atomic E-state index is 0.361. The minimum Gasteiger partial charge on any atom is -0.303 e. The Morgan fingerprint density at radius 2 is 1.90 bits per heavy atom. The fraction of sp³-hybridized carbons (Fsp3) is 0.294. The number of hydrogen-bond donors (Lipinski definition) is 1. The van der Waals surface area contributed by atoms with Crippen LogP contribution in [0.3, 0.4) is 0 Å². The Morgan fingerprint density at radius 1 is 1.15 bits per heavy atom. The van der Waals surface area contributed by atoms with Gasteiger partial charge in [-0.25, -0.2) is 0 Å². The minimum atomic E-state index is 0.361. The van der Waals surface area contributed by atoms with Gasteiger partial charge >= 0.3 is 0 Å². The number of thioether (sulfide) groups is 1.